The number of likely N-dealkylation sites (tertiary alicyclic amines) is 1. The zero-order chi connectivity index (χ0) is 32.9. The number of benzene rings is 3. The number of aryl methyl sites for hydroxylation is 1. The summed E-state index contributed by atoms with van der Waals surface area (Å²) in [5.41, 5.74) is 5.60. The zero-order valence-corrected chi connectivity index (χ0v) is 27.7. The maximum absolute atomic E-state index is 14.1. The van der Waals surface area contributed by atoms with Gasteiger partial charge in [0.15, 0.2) is 0 Å². The third kappa shape index (κ3) is 5.15. The van der Waals surface area contributed by atoms with Crippen LogP contribution in [0.5, 0.6) is 0 Å². The molecule has 240 valence electrons. The number of ether oxygens (including phenoxy) is 1. The van der Waals surface area contributed by atoms with Crippen molar-refractivity contribution in [3.05, 3.63) is 118 Å². The largest absolute Gasteiger partial charge is 0.467 e. The van der Waals surface area contributed by atoms with E-state index in [0.29, 0.717) is 22.9 Å². The third-order valence-corrected chi connectivity index (χ3v) is 10.4. The van der Waals surface area contributed by atoms with Gasteiger partial charge in [-0.15, -0.1) is 16.4 Å². The van der Waals surface area contributed by atoms with Crippen LogP contribution >= 0.6 is 22.9 Å². The Morgan fingerprint density at radius 2 is 1.77 bits per heavy atom. The number of aromatic nitrogens is 6. The van der Waals surface area contributed by atoms with E-state index < -0.39 is 12.0 Å². The van der Waals surface area contributed by atoms with Crippen molar-refractivity contribution in [3.63, 3.8) is 0 Å². The minimum Gasteiger partial charge on any atom is -0.467 e. The molecule has 0 aliphatic carbocycles. The Kier molecular flexibility index (Phi) is 7.57. The number of carbonyl (C=O) groups is 2. The van der Waals surface area contributed by atoms with Crippen LogP contribution in [0.3, 0.4) is 0 Å². The number of methoxy groups -OCH3 is 1. The molecular formula is C36H30ClN7O3S. The van der Waals surface area contributed by atoms with Crippen LogP contribution in [0.4, 0.5) is 0 Å². The van der Waals surface area contributed by atoms with Gasteiger partial charge in [0.25, 0.3) is 5.91 Å². The van der Waals surface area contributed by atoms with Gasteiger partial charge in [0.1, 0.15) is 16.6 Å². The van der Waals surface area contributed by atoms with Crippen molar-refractivity contribution in [2.75, 3.05) is 13.7 Å². The predicted octanol–water partition coefficient (Wildman–Crippen LogP) is 6.94. The number of rotatable bonds is 7. The molecule has 0 unspecified atom stereocenters. The highest BCUT2D eigenvalue weighted by atomic mass is 35.5. The number of fused-ring (bicyclic) bond motifs is 2. The van der Waals surface area contributed by atoms with E-state index in [2.05, 4.69) is 50.3 Å². The van der Waals surface area contributed by atoms with Gasteiger partial charge in [-0.25, -0.2) is 14.2 Å². The number of para-hydroxylation sites is 2. The standard InChI is InChI=1S/C36H30ClN7O3S/c1-22-27-18-33(48-35(27)44(39-22)30-15-9-7-13-28(30)37)34(45)42-21-26(17-32(42)36(46)47-2)43-20-25(38-40-43)19-41-29-14-8-6-12-24(29)16-31(41)23-10-4-3-5-11-23/h3-16,18,20,26,32H,17,19,21H2,1-2H3/t26-,32-/m1/s1. The Bertz CT molecular complexity index is 2320. The molecular weight excluding hydrogens is 646 g/mol. The first-order valence-electron chi connectivity index (χ1n) is 15.6. The van der Waals surface area contributed by atoms with Gasteiger partial charge in [0, 0.05) is 34.9 Å². The molecule has 8 rings (SSSR count). The lowest BCUT2D eigenvalue weighted by atomic mass is 10.1. The van der Waals surface area contributed by atoms with Gasteiger partial charge in [-0.3, -0.25) is 4.79 Å². The molecule has 10 nitrogen and oxygen atoms in total. The van der Waals surface area contributed by atoms with Crippen LogP contribution in [0.25, 0.3) is 38.1 Å². The van der Waals surface area contributed by atoms with E-state index >= 15 is 0 Å². The number of carbonyl (C=O) groups excluding carboxylic acids is 2. The number of esters is 1. The number of hydrogen-bond donors (Lipinski definition) is 0. The molecule has 3 aromatic carbocycles. The van der Waals surface area contributed by atoms with Gasteiger partial charge in [-0.2, -0.15) is 5.10 Å². The first-order valence-corrected chi connectivity index (χ1v) is 16.8. The highest BCUT2D eigenvalue weighted by Gasteiger charge is 2.42. The second kappa shape index (κ2) is 12.1. The molecule has 0 saturated carbocycles. The highest BCUT2D eigenvalue weighted by molar-refractivity contribution is 7.20. The topological polar surface area (TPSA) is 100 Å². The number of thiophene rings is 1. The van der Waals surface area contributed by atoms with E-state index in [1.165, 1.54) is 18.4 Å². The van der Waals surface area contributed by atoms with E-state index in [9.17, 15) is 9.59 Å². The molecule has 1 aliphatic rings. The molecule has 2 atom stereocenters. The molecule has 48 heavy (non-hydrogen) atoms. The Morgan fingerprint density at radius 3 is 2.58 bits per heavy atom. The summed E-state index contributed by atoms with van der Waals surface area (Å²) in [7, 11) is 1.35. The Labute approximate surface area is 284 Å². The van der Waals surface area contributed by atoms with Crippen LogP contribution in [0.1, 0.15) is 33.5 Å². The second-order valence-corrected chi connectivity index (χ2v) is 13.3. The average Bonchev–Trinajstić information content (AvgIpc) is 3.95. The smallest absolute Gasteiger partial charge is 0.328 e. The lowest BCUT2D eigenvalue weighted by Crippen LogP contribution is -2.40. The minimum absolute atomic E-state index is 0.245. The fraction of sp³-hybridized carbons (Fsp3) is 0.194. The van der Waals surface area contributed by atoms with Gasteiger partial charge in [0.2, 0.25) is 0 Å². The van der Waals surface area contributed by atoms with E-state index in [1.54, 1.807) is 14.3 Å². The van der Waals surface area contributed by atoms with Crippen LogP contribution in [0, 0.1) is 6.92 Å². The molecule has 1 saturated heterocycles. The van der Waals surface area contributed by atoms with E-state index in [4.69, 9.17) is 16.3 Å². The highest BCUT2D eigenvalue weighted by Crippen LogP contribution is 2.36. The lowest BCUT2D eigenvalue weighted by molar-refractivity contribution is -0.145. The summed E-state index contributed by atoms with van der Waals surface area (Å²) in [5.74, 6) is -0.706. The van der Waals surface area contributed by atoms with Crippen LogP contribution in [-0.2, 0) is 16.1 Å². The van der Waals surface area contributed by atoms with Gasteiger partial charge in [-0.1, -0.05) is 77.5 Å². The number of hydrogen-bond acceptors (Lipinski definition) is 7. The van der Waals surface area contributed by atoms with E-state index in [-0.39, 0.29) is 18.5 Å². The van der Waals surface area contributed by atoms with Crippen LogP contribution in [0.15, 0.2) is 97.2 Å². The van der Waals surface area contributed by atoms with Crippen molar-refractivity contribution in [1.82, 2.24) is 34.2 Å². The van der Waals surface area contributed by atoms with Crippen molar-refractivity contribution in [2.45, 2.75) is 32.0 Å². The van der Waals surface area contributed by atoms with Gasteiger partial charge in [0.05, 0.1) is 47.2 Å². The lowest BCUT2D eigenvalue weighted by Gasteiger charge is -2.21. The molecule has 4 aromatic heterocycles. The second-order valence-electron chi connectivity index (χ2n) is 11.9. The summed E-state index contributed by atoms with van der Waals surface area (Å²) in [6, 6.07) is 29.0. The van der Waals surface area contributed by atoms with Gasteiger partial charge >= 0.3 is 5.97 Å². The predicted molar refractivity (Wildman–Crippen MR) is 186 cm³/mol. The molecule has 1 fully saturated rings. The number of amides is 1. The van der Waals surface area contributed by atoms with E-state index in [1.807, 2.05) is 73.8 Å². The molecule has 7 aromatic rings. The first kappa shape index (κ1) is 30.1. The minimum atomic E-state index is -0.760. The van der Waals surface area contributed by atoms with Gasteiger partial charge in [-0.05, 0) is 42.8 Å². The van der Waals surface area contributed by atoms with E-state index in [0.717, 1.165) is 49.5 Å². The van der Waals surface area contributed by atoms with Crippen molar-refractivity contribution < 1.29 is 14.3 Å². The quantitative estimate of drug-likeness (QED) is 0.170. The van der Waals surface area contributed by atoms with Crippen molar-refractivity contribution in [1.29, 1.82) is 0 Å². The molecule has 0 bridgehead atoms. The van der Waals surface area contributed by atoms with Crippen molar-refractivity contribution >= 4 is 55.9 Å². The van der Waals surface area contributed by atoms with Crippen LogP contribution in [-0.4, -0.2) is 65.8 Å². The van der Waals surface area contributed by atoms with Crippen LogP contribution < -0.4 is 0 Å². The molecule has 1 amide bonds. The Balaban J connectivity index is 1.08. The maximum Gasteiger partial charge on any atom is 0.328 e. The normalized spacial score (nSPS) is 16.3. The van der Waals surface area contributed by atoms with Crippen molar-refractivity contribution in [2.24, 2.45) is 0 Å². The molecule has 0 spiro atoms. The molecule has 5 heterocycles. The summed E-state index contributed by atoms with van der Waals surface area (Å²) in [6.45, 7) is 2.70. The summed E-state index contributed by atoms with van der Waals surface area (Å²) in [5, 5.41) is 16.3. The summed E-state index contributed by atoms with van der Waals surface area (Å²) in [6.07, 6.45) is 2.28. The molecule has 12 heteroatoms. The monoisotopic (exact) mass is 675 g/mol. The fourth-order valence-electron chi connectivity index (χ4n) is 6.63. The molecule has 0 radical (unpaired) electrons. The summed E-state index contributed by atoms with van der Waals surface area (Å²) < 4.78 is 10.9. The average molecular weight is 676 g/mol. The number of halogens is 1. The third-order valence-electron chi connectivity index (χ3n) is 8.98. The Morgan fingerprint density at radius 1 is 1.00 bits per heavy atom. The zero-order valence-electron chi connectivity index (χ0n) is 26.2. The maximum atomic E-state index is 14.1. The number of nitrogens with zero attached hydrogens (tertiary/aromatic N) is 7. The van der Waals surface area contributed by atoms with Gasteiger partial charge < -0.3 is 14.2 Å². The SMILES string of the molecule is COC(=O)[C@H]1C[C@@H](n2cc(Cn3c(-c4ccccc4)cc4ccccc43)nn2)CN1C(=O)c1cc2c(C)nn(-c3ccccc3Cl)c2s1. The van der Waals surface area contributed by atoms with Crippen molar-refractivity contribution in [3.8, 4) is 16.9 Å². The molecule has 1 aliphatic heterocycles. The Hall–Kier alpha value is -5.26. The molecule has 0 N–H and O–H groups in total. The summed E-state index contributed by atoms with van der Waals surface area (Å²) in [4.78, 5) is 30.0. The summed E-state index contributed by atoms with van der Waals surface area (Å²) >= 11 is 7.82. The van der Waals surface area contributed by atoms with Crippen LogP contribution in [0.2, 0.25) is 5.02 Å². The fourth-order valence-corrected chi connectivity index (χ4v) is 7.97. The first-order chi connectivity index (χ1) is 23.4.